The molecule has 0 bridgehead atoms. The van der Waals surface area contributed by atoms with Gasteiger partial charge in [-0.2, -0.15) is 0 Å². The Morgan fingerprint density at radius 3 is 2.00 bits per heavy atom. The predicted molar refractivity (Wildman–Crippen MR) is 133 cm³/mol. The minimum atomic E-state index is -4.00. The fraction of sp³-hybridized carbons (Fsp3) is 0.231. The summed E-state index contributed by atoms with van der Waals surface area (Å²) in [5.41, 5.74) is 3.90. The lowest BCUT2D eigenvalue weighted by Crippen LogP contribution is -2.38. The number of benzene rings is 3. The Morgan fingerprint density at radius 2 is 1.44 bits per heavy atom. The van der Waals surface area contributed by atoms with Crippen LogP contribution in [0.15, 0.2) is 71.6 Å². The summed E-state index contributed by atoms with van der Waals surface area (Å²) >= 11 is 0. The van der Waals surface area contributed by atoms with Gasteiger partial charge < -0.3 is 10.1 Å². The molecule has 7 nitrogen and oxygen atoms in total. The highest BCUT2D eigenvalue weighted by Crippen LogP contribution is 2.26. The Labute approximate surface area is 200 Å². The number of amides is 1. The molecule has 3 aromatic rings. The van der Waals surface area contributed by atoms with Crippen molar-refractivity contribution >= 4 is 33.3 Å². The maximum atomic E-state index is 13.5. The first-order valence-electron chi connectivity index (χ1n) is 10.8. The van der Waals surface area contributed by atoms with Crippen LogP contribution >= 0.6 is 0 Å². The van der Waals surface area contributed by atoms with Crippen LogP contribution in [-0.2, 0) is 19.6 Å². The van der Waals surface area contributed by atoms with Crippen molar-refractivity contribution in [2.45, 2.75) is 32.6 Å². The number of nitrogens with zero attached hydrogens (tertiary/aromatic N) is 1. The van der Waals surface area contributed by atoms with Gasteiger partial charge in [0.25, 0.3) is 10.0 Å². The average Bonchev–Trinajstić information content (AvgIpc) is 2.77. The van der Waals surface area contributed by atoms with Crippen LogP contribution in [0, 0.1) is 20.8 Å². The molecule has 3 rings (SSSR count). The molecule has 0 aromatic heterocycles. The van der Waals surface area contributed by atoms with Crippen molar-refractivity contribution in [1.82, 2.24) is 0 Å². The molecule has 0 heterocycles. The lowest BCUT2D eigenvalue weighted by molar-refractivity contribution is -0.114. The SMILES string of the molecule is CCOC(=O)c1ccc(NC(=O)CN(c2cc(C)cc(C)c2)S(=O)(=O)c2ccc(C)cc2)cc1. The average molecular weight is 481 g/mol. The molecule has 8 heteroatoms. The molecular formula is C26H28N2O5S. The number of carbonyl (C=O) groups excluding carboxylic acids is 2. The first-order chi connectivity index (χ1) is 16.1. The zero-order valence-electron chi connectivity index (χ0n) is 19.7. The third-order valence-electron chi connectivity index (χ3n) is 5.07. The monoisotopic (exact) mass is 480 g/mol. The molecule has 1 N–H and O–H groups in total. The van der Waals surface area contributed by atoms with Gasteiger partial charge in [0, 0.05) is 5.69 Å². The molecule has 3 aromatic carbocycles. The van der Waals surface area contributed by atoms with Crippen molar-refractivity contribution < 1.29 is 22.7 Å². The van der Waals surface area contributed by atoms with Crippen molar-refractivity contribution in [2.75, 3.05) is 22.8 Å². The van der Waals surface area contributed by atoms with E-state index in [4.69, 9.17) is 4.74 Å². The second-order valence-corrected chi connectivity index (χ2v) is 9.88. The summed E-state index contributed by atoms with van der Waals surface area (Å²) in [7, 11) is -4.00. The summed E-state index contributed by atoms with van der Waals surface area (Å²) < 4.78 is 33.1. The van der Waals surface area contributed by atoms with Gasteiger partial charge in [0.15, 0.2) is 0 Å². The number of hydrogen-bond donors (Lipinski definition) is 1. The van der Waals surface area contributed by atoms with Crippen LogP contribution in [0.4, 0.5) is 11.4 Å². The van der Waals surface area contributed by atoms with E-state index in [0.29, 0.717) is 16.9 Å². The van der Waals surface area contributed by atoms with E-state index in [-0.39, 0.29) is 11.5 Å². The number of rotatable bonds is 8. The molecule has 0 fully saturated rings. The molecular weight excluding hydrogens is 452 g/mol. The first kappa shape index (κ1) is 25.0. The van der Waals surface area contributed by atoms with Gasteiger partial charge in [0.2, 0.25) is 5.91 Å². The van der Waals surface area contributed by atoms with Crippen LogP contribution in [0.3, 0.4) is 0 Å². The molecule has 0 radical (unpaired) electrons. The summed E-state index contributed by atoms with van der Waals surface area (Å²) in [6.45, 7) is 7.19. The third kappa shape index (κ3) is 6.02. The highest BCUT2D eigenvalue weighted by atomic mass is 32.2. The predicted octanol–water partition coefficient (Wildman–Crippen LogP) is 4.62. The summed E-state index contributed by atoms with van der Waals surface area (Å²) in [6, 6.07) is 18.1. The lowest BCUT2D eigenvalue weighted by atomic mass is 10.1. The summed E-state index contributed by atoms with van der Waals surface area (Å²) in [6.07, 6.45) is 0. The van der Waals surface area contributed by atoms with E-state index < -0.39 is 28.4 Å². The number of ether oxygens (including phenoxy) is 1. The van der Waals surface area contributed by atoms with E-state index >= 15 is 0 Å². The highest BCUT2D eigenvalue weighted by Gasteiger charge is 2.27. The molecule has 0 spiro atoms. The Morgan fingerprint density at radius 1 is 0.853 bits per heavy atom. The van der Waals surface area contributed by atoms with Crippen LogP contribution in [0.2, 0.25) is 0 Å². The number of esters is 1. The Balaban J connectivity index is 1.89. The highest BCUT2D eigenvalue weighted by molar-refractivity contribution is 7.92. The zero-order valence-corrected chi connectivity index (χ0v) is 20.5. The lowest BCUT2D eigenvalue weighted by Gasteiger charge is -2.25. The van der Waals surface area contributed by atoms with Crippen LogP contribution in [0.1, 0.15) is 34.0 Å². The second kappa shape index (κ2) is 10.5. The Kier molecular flexibility index (Phi) is 7.73. The normalized spacial score (nSPS) is 11.1. The summed E-state index contributed by atoms with van der Waals surface area (Å²) in [5.74, 6) is -0.968. The molecule has 0 aliphatic rings. The van der Waals surface area contributed by atoms with Gasteiger partial charge >= 0.3 is 5.97 Å². The number of hydrogen-bond acceptors (Lipinski definition) is 5. The minimum absolute atomic E-state index is 0.101. The largest absolute Gasteiger partial charge is 0.462 e. The fourth-order valence-electron chi connectivity index (χ4n) is 3.48. The zero-order chi connectivity index (χ0) is 24.9. The molecule has 0 unspecified atom stereocenters. The number of carbonyl (C=O) groups is 2. The molecule has 34 heavy (non-hydrogen) atoms. The minimum Gasteiger partial charge on any atom is -0.462 e. The standard InChI is InChI=1S/C26H28N2O5S/c1-5-33-26(30)21-8-10-22(11-9-21)27-25(29)17-28(23-15-19(3)14-20(4)16-23)34(31,32)24-12-6-18(2)7-13-24/h6-16H,5,17H2,1-4H3,(H,27,29). The van der Waals surface area contributed by atoms with Gasteiger partial charge in [0.1, 0.15) is 6.54 Å². The van der Waals surface area contributed by atoms with Gasteiger partial charge in [0.05, 0.1) is 22.8 Å². The Bertz CT molecular complexity index is 1260. The van der Waals surface area contributed by atoms with Gasteiger partial charge in [-0.1, -0.05) is 23.8 Å². The molecule has 0 aliphatic heterocycles. The van der Waals surface area contributed by atoms with E-state index in [1.165, 1.54) is 12.1 Å². The topological polar surface area (TPSA) is 92.8 Å². The quantitative estimate of drug-likeness (QED) is 0.475. The van der Waals surface area contributed by atoms with E-state index in [2.05, 4.69) is 5.32 Å². The van der Waals surface area contributed by atoms with Crippen molar-refractivity contribution in [3.63, 3.8) is 0 Å². The molecule has 0 saturated carbocycles. The first-order valence-corrected chi connectivity index (χ1v) is 12.3. The van der Waals surface area contributed by atoms with Crippen LogP contribution in [0.5, 0.6) is 0 Å². The summed E-state index contributed by atoms with van der Waals surface area (Å²) in [5, 5.41) is 2.71. The number of anilines is 2. The van der Waals surface area contributed by atoms with Crippen LogP contribution in [-0.4, -0.2) is 33.4 Å². The van der Waals surface area contributed by atoms with E-state index in [1.54, 1.807) is 55.5 Å². The molecule has 0 aliphatic carbocycles. The molecule has 1 amide bonds. The molecule has 0 saturated heterocycles. The smallest absolute Gasteiger partial charge is 0.338 e. The Hall–Kier alpha value is -3.65. The van der Waals surface area contributed by atoms with Crippen LogP contribution < -0.4 is 9.62 Å². The van der Waals surface area contributed by atoms with Crippen molar-refractivity contribution in [3.8, 4) is 0 Å². The summed E-state index contributed by atoms with van der Waals surface area (Å²) in [4.78, 5) is 24.8. The number of nitrogens with one attached hydrogen (secondary N) is 1. The number of sulfonamides is 1. The maximum absolute atomic E-state index is 13.5. The maximum Gasteiger partial charge on any atom is 0.338 e. The van der Waals surface area contributed by atoms with Gasteiger partial charge in [-0.15, -0.1) is 0 Å². The van der Waals surface area contributed by atoms with Crippen LogP contribution in [0.25, 0.3) is 0 Å². The van der Waals surface area contributed by atoms with Crippen molar-refractivity contribution in [1.29, 1.82) is 0 Å². The van der Waals surface area contributed by atoms with E-state index in [0.717, 1.165) is 21.0 Å². The fourth-order valence-corrected chi connectivity index (χ4v) is 4.89. The third-order valence-corrected chi connectivity index (χ3v) is 6.86. The van der Waals surface area contributed by atoms with E-state index in [9.17, 15) is 18.0 Å². The van der Waals surface area contributed by atoms with Gasteiger partial charge in [-0.25, -0.2) is 13.2 Å². The molecule has 0 atom stereocenters. The van der Waals surface area contributed by atoms with Gasteiger partial charge in [-0.3, -0.25) is 9.10 Å². The molecule has 178 valence electrons. The van der Waals surface area contributed by atoms with Gasteiger partial charge in [-0.05, 0) is 87.4 Å². The second-order valence-electron chi connectivity index (χ2n) is 8.02. The van der Waals surface area contributed by atoms with E-state index in [1.807, 2.05) is 26.8 Å². The van der Waals surface area contributed by atoms with Crippen molar-refractivity contribution in [3.05, 3.63) is 89.0 Å². The number of aryl methyl sites for hydroxylation is 3. The van der Waals surface area contributed by atoms with Crippen molar-refractivity contribution in [2.24, 2.45) is 0 Å².